The van der Waals surface area contributed by atoms with Crippen LogP contribution in [0.1, 0.15) is 52.6 Å². The van der Waals surface area contributed by atoms with Crippen LogP contribution >= 0.6 is 0 Å². The van der Waals surface area contributed by atoms with Gasteiger partial charge in [0.2, 0.25) is 0 Å². The summed E-state index contributed by atoms with van der Waals surface area (Å²) in [4.78, 5) is 57.2. The monoisotopic (exact) mass is 540 g/mol. The maximum absolute atomic E-state index is 12.6. The molecule has 0 aliphatic carbocycles. The Morgan fingerprint density at radius 2 is 0.737 bits per heavy atom. The zero-order chi connectivity index (χ0) is 28.1. The molecule has 0 spiro atoms. The van der Waals surface area contributed by atoms with E-state index in [2.05, 4.69) is 9.68 Å². The Morgan fingerprint density at radius 1 is 0.474 bits per heavy atom. The quantitative estimate of drug-likeness (QED) is 0.366. The summed E-state index contributed by atoms with van der Waals surface area (Å²) in [7, 11) is 0. The van der Waals surface area contributed by atoms with E-state index in [4.69, 9.17) is 0 Å². The molecule has 0 atom stereocenters. The Hall–Kier alpha value is -4.88. The Morgan fingerprint density at radius 3 is 1.00 bits per heavy atom. The van der Waals surface area contributed by atoms with Crippen LogP contribution in [0.4, 0.5) is 26.3 Å². The number of hydrogen-bond acceptors (Lipinski definition) is 6. The van der Waals surface area contributed by atoms with Crippen LogP contribution in [0.5, 0.6) is 0 Å². The number of rotatable bonds is 4. The van der Waals surface area contributed by atoms with Gasteiger partial charge in [0, 0.05) is 11.1 Å². The largest absolute Gasteiger partial charge is 0.416 e. The normalized spacial score (nSPS) is 11.3. The third kappa shape index (κ3) is 7.09. The first-order valence-corrected chi connectivity index (χ1v) is 10.2. The lowest BCUT2D eigenvalue weighted by Crippen LogP contribution is -2.28. The summed E-state index contributed by atoms with van der Waals surface area (Å²) < 4.78 is 75.5. The molecule has 0 saturated carbocycles. The fourth-order valence-electron chi connectivity index (χ4n) is 2.78. The predicted octanol–water partition coefficient (Wildman–Crippen LogP) is 4.73. The van der Waals surface area contributed by atoms with E-state index in [0.717, 1.165) is 48.5 Å². The summed E-state index contributed by atoms with van der Waals surface area (Å²) in [6.45, 7) is 0. The summed E-state index contributed by atoms with van der Waals surface area (Å²) in [6.07, 6.45) is -9.18. The van der Waals surface area contributed by atoms with Gasteiger partial charge in [-0.2, -0.15) is 37.3 Å². The Balaban J connectivity index is 1.50. The van der Waals surface area contributed by atoms with E-state index >= 15 is 0 Å². The second kappa shape index (κ2) is 11.0. The van der Waals surface area contributed by atoms with E-state index in [-0.39, 0.29) is 22.3 Å². The van der Waals surface area contributed by atoms with E-state index in [1.165, 1.54) is 0 Å². The highest BCUT2D eigenvalue weighted by Gasteiger charge is 2.31. The zero-order valence-corrected chi connectivity index (χ0v) is 18.6. The van der Waals surface area contributed by atoms with E-state index < -0.39 is 47.2 Å². The van der Waals surface area contributed by atoms with Crippen LogP contribution in [0.15, 0.2) is 72.8 Å². The molecule has 14 heteroatoms. The molecule has 0 fully saturated rings. The fourth-order valence-corrected chi connectivity index (χ4v) is 2.78. The van der Waals surface area contributed by atoms with Gasteiger partial charge in [0.25, 0.3) is 11.8 Å². The smallest absolute Gasteiger partial charge is 0.335 e. The van der Waals surface area contributed by atoms with Crippen LogP contribution in [0.25, 0.3) is 0 Å². The van der Waals surface area contributed by atoms with Crippen molar-refractivity contribution in [1.29, 1.82) is 0 Å². The topological polar surface area (TPSA) is 111 Å². The van der Waals surface area contributed by atoms with Crippen LogP contribution < -0.4 is 11.0 Å². The molecule has 0 radical (unpaired) electrons. The number of benzene rings is 3. The minimum Gasteiger partial charge on any atom is -0.335 e. The van der Waals surface area contributed by atoms with E-state index in [1.54, 1.807) is 0 Å². The molecule has 0 bridgehead atoms. The van der Waals surface area contributed by atoms with Crippen molar-refractivity contribution in [3.63, 3.8) is 0 Å². The summed E-state index contributed by atoms with van der Waals surface area (Å²) in [5.74, 6) is -4.10. The maximum atomic E-state index is 12.6. The van der Waals surface area contributed by atoms with Gasteiger partial charge >= 0.3 is 24.3 Å². The third-order valence-corrected chi connectivity index (χ3v) is 4.78. The standard InChI is InChI=1S/C24H14F6N2O6/c25-23(26,27)17-9-5-15(6-10-17)21(35)37-31-19(33)13-1-2-14(4-3-13)20(34)32-38-22(36)16-7-11-18(12-8-16)24(28,29)30/h1-12H,(H,31,33)(H,32,34). The lowest BCUT2D eigenvalue weighted by atomic mass is 10.1. The minimum atomic E-state index is -4.59. The van der Waals surface area contributed by atoms with Crippen LogP contribution in [0.2, 0.25) is 0 Å². The Bertz CT molecular complexity index is 1230. The maximum Gasteiger partial charge on any atom is 0.416 e. The molecule has 3 rings (SSSR count). The number of halogens is 6. The average molecular weight is 540 g/mol. The first-order valence-electron chi connectivity index (χ1n) is 10.2. The van der Waals surface area contributed by atoms with Crippen LogP contribution in [-0.4, -0.2) is 23.8 Å². The van der Waals surface area contributed by atoms with Crippen molar-refractivity contribution >= 4 is 23.8 Å². The molecule has 0 aromatic heterocycles. The van der Waals surface area contributed by atoms with Gasteiger partial charge in [0.15, 0.2) is 0 Å². The highest BCUT2D eigenvalue weighted by Crippen LogP contribution is 2.30. The fraction of sp³-hybridized carbons (Fsp3) is 0.0833. The van der Waals surface area contributed by atoms with Gasteiger partial charge in [-0.1, -0.05) is 0 Å². The van der Waals surface area contributed by atoms with Crippen LogP contribution in [-0.2, 0) is 22.0 Å². The molecule has 0 aliphatic heterocycles. The number of hydroxylamine groups is 2. The highest BCUT2D eigenvalue weighted by atomic mass is 19.4. The molecule has 3 aromatic rings. The van der Waals surface area contributed by atoms with Gasteiger partial charge in [0.1, 0.15) is 0 Å². The second-order valence-electron chi connectivity index (χ2n) is 7.37. The summed E-state index contributed by atoms with van der Waals surface area (Å²) in [5, 5.41) is 0. The average Bonchev–Trinajstić information content (AvgIpc) is 2.89. The first kappa shape index (κ1) is 27.7. The summed E-state index contributed by atoms with van der Waals surface area (Å²) in [5.41, 5.74) is 1.00. The number of hydrogen-bond donors (Lipinski definition) is 2. The van der Waals surface area contributed by atoms with Crippen molar-refractivity contribution in [3.05, 3.63) is 106 Å². The van der Waals surface area contributed by atoms with Crippen LogP contribution in [0.3, 0.4) is 0 Å². The first-order chi connectivity index (χ1) is 17.8. The predicted molar refractivity (Wildman–Crippen MR) is 115 cm³/mol. The molecular weight excluding hydrogens is 526 g/mol. The molecule has 2 N–H and O–H groups in total. The van der Waals surface area contributed by atoms with Gasteiger partial charge in [-0.3, -0.25) is 9.59 Å². The van der Waals surface area contributed by atoms with Crippen molar-refractivity contribution in [2.24, 2.45) is 0 Å². The summed E-state index contributed by atoms with van der Waals surface area (Å²) in [6, 6.07) is 10.7. The molecule has 0 heterocycles. The SMILES string of the molecule is O=C(NOC(=O)c1ccc(C(F)(F)F)cc1)c1ccc(C(=O)NOC(=O)c2ccc(C(F)(F)F)cc2)cc1. The number of carbonyl (C=O) groups is 4. The van der Waals surface area contributed by atoms with Gasteiger partial charge in [-0.15, -0.1) is 0 Å². The number of amides is 2. The Kier molecular flexibility index (Phi) is 8.04. The number of alkyl halides is 6. The van der Waals surface area contributed by atoms with Crippen molar-refractivity contribution in [1.82, 2.24) is 11.0 Å². The van der Waals surface area contributed by atoms with E-state index in [1.807, 2.05) is 11.0 Å². The molecular formula is C24H14F6N2O6. The zero-order valence-electron chi connectivity index (χ0n) is 18.6. The molecule has 0 unspecified atom stereocenters. The summed E-state index contributed by atoms with van der Waals surface area (Å²) >= 11 is 0. The van der Waals surface area contributed by atoms with Gasteiger partial charge in [-0.05, 0) is 72.8 Å². The van der Waals surface area contributed by atoms with Crippen molar-refractivity contribution in [2.45, 2.75) is 12.4 Å². The highest BCUT2D eigenvalue weighted by molar-refractivity contribution is 5.99. The van der Waals surface area contributed by atoms with Crippen LogP contribution in [0, 0.1) is 0 Å². The Labute approximate surface area is 209 Å². The second-order valence-corrected chi connectivity index (χ2v) is 7.37. The van der Waals surface area contributed by atoms with Crippen molar-refractivity contribution in [3.8, 4) is 0 Å². The van der Waals surface area contributed by atoms with Gasteiger partial charge in [-0.25, -0.2) is 9.59 Å². The molecule has 198 valence electrons. The lowest BCUT2D eigenvalue weighted by molar-refractivity contribution is -0.138. The molecule has 0 aliphatic rings. The third-order valence-electron chi connectivity index (χ3n) is 4.78. The lowest BCUT2D eigenvalue weighted by Gasteiger charge is -2.09. The molecule has 3 aromatic carbocycles. The molecule has 38 heavy (non-hydrogen) atoms. The van der Waals surface area contributed by atoms with Gasteiger partial charge < -0.3 is 9.68 Å². The van der Waals surface area contributed by atoms with E-state index in [0.29, 0.717) is 24.3 Å². The molecule has 8 nitrogen and oxygen atoms in total. The number of nitrogens with one attached hydrogen (secondary N) is 2. The molecule has 2 amide bonds. The molecule has 0 saturated heterocycles. The van der Waals surface area contributed by atoms with Crippen molar-refractivity contribution < 1.29 is 55.2 Å². The van der Waals surface area contributed by atoms with Crippen molar-refractivity contribution in [2.75, 3.05) is 0 Å². The van der Waals surface area contributed by atoms with Gasteiger partial charge in [0.05, 0.1) is 22.3 Å². The minimum absolute atomic E-state index is 0.0801. The number of carbonyl (C=O) groups excluding carboxylic acids is 4. The van der Waals surface area contributed by atoms with E-state index in [9.17, 15) is 45.5 Å².